The summed E-state index contributed by atoms with van der Waals surface area (Å²) in [5.74, 6) is -2.79. The van der Waals surface area contributed by atoms with Gasteiger partial charge in [0.15, 0.2) is 0 Å². The molecule has 0 amide bonds. The van der Waals surface area contributed by atoms with Crippen LogP contribution in [0.2, 0.25) is 0 Å². The molecule has 0 aliphatic heterocycles. The first-order valence-corrected chi connectivity index (χ1v) is 11.4. The number of nitrogens with two attached hydrogens (primary N) is 1. The van der Waals surface area contributed by atoms with Crippen molar-refractivity contribution in [3.05, 3.63) is 65.7 Å². The first kappa shape index (κ1) is 24.4. The third kappa shape index (κ3) is 8.03. The smallest absolute Gasteiger partial charge is 0.324 e. The molecule has 0 saturated carbocycles. The molecule has 2 atom stereocenters. The van der Waals surface area contributed by atoms with E-state index in [1.165, 1.54) is 24.3 Å². The Balaban J connectivity index is 2.30. The van der Waals surface area contributed by atoms with Crippen LogP contribution >= 0.6 is 0 Å². The molecule has 0 radical (unpaired) electrons. The minimum atomic E-state index is -3.78. The maximum Gasteiger partial charge on any atom is 0.324 e. The first-order valence-electron chi connectivity index (χ1n) is 9.54. The van der Waals surface area contributed by atoms with Crippen LogP contribution in [0, 0.1) is 0 Å². The van der Waals surface area contributed by atoms with Crippen LogP contribution in [0.4, 0.5) is 0 Å². The van der Waals surface area contributed by atoms with Crippen molar-refractivity contribution >= 4 is 22.1 Å². The zero-order valence-electron chi connectivity index (χ0n) is 17.9. The molecular weight excluding hydrogens is 422 g/mol. The molecule has 0 saturated heterocycles. The van der Waals surface area contributed by atoms with Gasteiger partial charge in [0, 0.05) is 0 Å². The Kier molecular flexibility index (Phi) is 7.80. The zero-order chi connectivity index (χ0) is 23.2. The predicted octanol–water partition coefficient (Wildman–Crippen LogP) is 2.52. The highest BCUT2D eigenvalue weighted by molar-refractivity contribution is 7.86. The molecule has 0 bridgehead atoms. The second kappa shape index (κ2) is 9.93. The summed E-state index contributed by atoms with van der Waals surface area (Å²) in [5.41, 5.74) is 6.32. The lowest BCUT2D eigenvalue weighted by molar-refractivity contribution is -0.161. The Morgan fingerprint density at radius 3 is 2.23 bits per heavy atom. The van der Waals surface area contributed by atoms with Crippen molar-refractivity contribution in [3.63, 3.8) is 0 Å². The van der Waals surface area contributed by atoms with E-state index in [4.69, 9.17) is 19.4 Å². The molecule has 2 rings (SSSR count). The van der Waals surface area contributed by atoms with Crippen LogP contribution in [0.25, 0.3) is 0 Å². The summed E-state index contributed by atoms with van der Waals surface area (Å²) in [4.78, 5) is 25.5. The zero-order valence-corrected chi connectivity index (χ0v) is 18.7. The number of hydrogen-bond acceptors (Lipinski definition) is 8. The van der Waals surface area contributed by atoms with E-state index in [0.717, 1.165) is 11.8 Å². The number of hydrogen-bond donors (Lipinski definition) is 1. The van der Waals surface area contributed by atoms with Gasteiger partial charge in [0.2, 0.25) is 0 Å². The van der Waals surface area contributed by atoms with Crippen molar-refractivity contribution < 1.29 is 31.7 Å². The van der Waals surface area contributed by atoms with Crippen LogP contribution in [0.1, 0.15) is 37.8 Å². The highest BCUT2D eigenvalue weighted by Crippen LogP contribution is 2.27. The normalized spacial score (nSPS) is 13.7. The summed E-state index contributed by atoms with van der Waals surface area (Å²) in [6.45, 7) is 5.05. The minimum absolute atomic E-state index is 0.00829. The fraction of sp³-hybridized carbons (Fsp3) is 0.364. The summed E-state index contributed by atoms with van der Waals surface area (Å²) in [5, 5.41) is 0. The Hall–Kier alpha value is -2.91. The average Bonchev–Trinajstić information content (AvgIpc) is 2.64. The van der Waals surface area contributed by atoms with Crippen molar-refractivity contribution in [3.8, 4) is 5.75 Å². The minimum Gasteiger partial charge on any atom is -0.460 e. The Bertz CT molecular complexity index is 1010. The molecule has 2 unspecified atom stereocenters. The molecule has 0 spiro atoms. The molecular formula is C22H27NO7S. The number of ether oxygens (including phenoxy) is 2. The average molecular weight is 450 g/mol. The van der Waals surface area contributed by atoms with E-state index in [-0.39, 0.29) is 17.9 Å². The summed E-state index contributed by atoms with van der Waals surface area (Å²) in [7, 11) is -3.78. The van der Waals surface area contributed by atoms with Gasteiger partial charge in [0.25, 0.3) is 0 Å². The molecule has 31 heavy (non-hydrogen) atoms. The third-order valence-electron chi connectivity index (χ3n) is 3.98. The molecule has 2 aromatic carbocycles. The van der Waals surface area contributed by atoms with Crippen molar-refractivity contribution in [2.24, 2.45) is 5.73 Å². The Labute approximate surface area is 182 Å². The SMILES string of the molecule is CC(C)(C)OC(=O)C(c1cccc(OS(C)(=O)=O)c1)C(N)C(=O)OCc1ccccc1. The van der Waals surface area contributed by atoms with Crippen LogP contribution in [-0.4, -0.2) is 38.3 Å². The number of carbonyl (C=O) groups is 2. The number of carbonyl (C=O) groups excluding carboxylic acids is 2. The summed E-state index contributed by atoms with van der Waals surface area (Å²) >= 11 is 0. The van der Waals surface area contributed by atoms with Gasteiger partial charge in [0.05, 0.1) is 6.26 Å². The first-order chi connectivity index (χ1) is 14.4. The number of esters is 2. The largest absolute Gasteiger partial charge is 0.460 e. The third-order valence-corrected chi connectivity index (χ3v) is 4.48. The van der Waals surface area contributed by atoms with E-state index in [1.54, 1.807) is 45.0 Å². The predicted molar refractivity (Wildman–Crippen MR) is 115 cm³/mol. The van der Waals surface area contributed by atoms with E-state index >= 15 is 0 Å². The van der Waals surface area contributed by atoms with Gasteiger partial charge in [-0.2, -0.15) is 8.42 Å². The molecule has 0 aliphatic carbocycles. The topological polar surface area (TPSA) is 122 Å². The van der Waals surface area contributed by atoms with Crippen molar-refractivity contribution in [1.29, 1.82) is 0 Å². The van der Waals surface area contributed by atoms with Gasteiger partial charge >= 0.3 is 22.1 Å². The summed E-state index contributed by atoms with van der Waals surface area (Å²) in [6.07, 6.45) is 0.901. The fourth-order valence-corrected chi connectivity index (χ4v) is 3.20. The molecule has 8 nitrogen and oxygen atoms in total. The molecule has 0 aliphatic rings. The van der Waals surface area contributed by atoms with Gasteiger partial charge in [0.1, 0.15) is 29.9 Å². The lowest BCUT2D eigenvalue weighted by Crippen LogP contribution is -2.43. The molecule has 0 heterocycles. The van der Waals surface area contributed by atoms with Crippen molar-refractivity contribution in [2.75, 3.05) is 6.26 Å². The standard InChI is InChI=1S/C22H27NO7S/c1-22(2,3)29-20(24)18(16-11-8-12-17(13-16)30-31(4,26)27)19(23)21(25)28-14-15-9-6-5-7-10-15/h5-13,18-19H,14,23H2,1-4H3. The molecule has 2 aromatic rings. The summed E-state index contributed by atoms with van der Waals surface area (Å²) in [6, 6.07) is 13.4. The maximum absolute atomic E-state index is 12.9. The Morgan fingerprint density at radius 2 is 1.65 bits per heavy atom. The van der Waals surface area contributed by atoms with Gasteiger partial charge in [-0.1, -0.05) is 42.5 Å². The van der Waals surface area contributed by atoms with E-state index in [0.29, 0.717) is 0 Å². The quantitative estimate of drug-likeness (QED) is 0.482. The lowest BCUT2D eigenvalue weighted by Gasteiger charge is -2.27. The van der Waals surface area contributed by atoms with Crippen LogP contribution in [-0.2, 0) is 35.8 Å². The monoisotopic (exact) mass is 449 g/mol. The molecule has 2 N–H and O–H groups in total. The van der Waals surface area contributed by atoms with Crippen molar-refractivity contribution in [1.82, 2.24) is 0 Å². The van der Waals surface area contributed by atoms with Gasteiger partial charge in [-0.3, -0.25) is 9.59 Å². The van der Waals surface area contributed by atoms with Crippen LogP contribution in [0.5, 0.6) is 5.75 Å². The molecule has 9 heteroatoms. The van der Waals surface area contributed by atoms with Crippen molar-refractivity contribution in [2.45, 2.75) is 44.9 Å². The second-order valence-electron chi connectivity index (χ2n) is 7.99. The van der Waals surface area contributed by atoms with Crippen LogP contribution in [0.3, 0.4) is 0 Å². The second-order valence-corrected chi connectivity index (χ2v) is 9.57. The van der Waals surface area contributed by atoms with Crippen LogP contribution < -0.4 is 9.92 Å². The lowest BCUT2D eigenvalue weighted by atomic mass is 9.91. The highest BCUT2D eigenvalue weighted by atomic mass is 32.2. The molecule has 0 aromatic heterocycles. The highest BCUT2D eigenvalue weighted by Gasteiger charge is 2.37. The molecule has 168 valence electrons. The Morgan fingerprint density at radius 1 is 1.00 bits per heavy atom. The van der Waals surface area contributed by atoms with Crippen LogP contribution in [0.15, 0.2) is 54.6 Å². The van der Waals surface area contributed by atoms with E-state index in [9.17, 15) is 18.0 Å². The van der Waals surface area contributed by atoms with Gasteiger partial charge < -0.3 is 19.4 Å². The van der Waals surface area contributed by atoms with Gasteiger partial charge in [-0.15, -0.1) is 0 Å². The van der Waals surface area contributed by atoms with E-state index in [1.807, 2.05) is 6.07 Å². The number of benzene rings is 2. The van der Waals surface area contributed by atoms with E-state index in [2.05, 4.69) is 0 Å². The fourth-order valence-electron chi connectivity index (χ4n) is 2.75. The molecule has 0 fully saturated rings. The van der Waals surface area contributed by atoms with Gasteiger partial charge in [-0.25, -0.2) is 0 Å². The number of rotatable bonds is 8. The maximum atomic E-state index is 12.9. The van der Waals surface area contributed by atoms with Gasteiger partial charge in [-0.05, 0) is 44.0 Å². The van der Waals surface area contributed by atoms with E-state index < -0.39 is 39.6 Å². The summed E-state index contributed by atoms with van der Waals surface area (Å²) < 4.78 is 38.5.